The Morgan fingerprint density at radius 1 is 1.50 bits per heavy atom. The van der Waals surface area contributed by atoms with Gasteiger partial charge in [0, 0.05) is 6.54 Å². The molecular formula is C11H17ClN2OS. The molecule has 1 heterocycles. The van der Waals surface area contributed by atoms with Gasteiger partial charge in [-0.3, -0.25) is 4.79 Å². The van der Waals surface area contributed by atoms with Gasteiger partial charge in [-0.25, -0.2) is 0 Å². The van der Waals surface area contributed by atoms with Crippen LogP contribution in [0.5, 0.6) is 0 Å². The van der Waals surface area contributed by atoms with Gasteiger partial charge in [0.15, 0.2) is 0 Å². The van der Waals surface area contributed by atoms with Crippen molar-refractivity contribution >= 4 is 29.7 Å². The summed E-state index contributed by atoms with van der Waals surface area (Å²) in [7, 11) is 0. The number of carbonyl (C=O) groups excluding carboxylic acids is 1. The summed E-state index contributed by atoms with van der Waals surface area (Å²) in [6.45, 7) is 0.598. The highest BCUT2D eigenvalue weighted by molar-refractivity contribution is 7.07. The summed E-state index contributed by atoms with van der Waals surface area (Å²) in [6.07, 6.45) is 3.79. The Labute approximate surface area is 106 Å². The van der Waals surface area contributed by atoms with Crippen LogP contribution in [0.4, 0.5) is 0 Å². The molecule has 2 rings (SSSR count). The van der Waals surface area contributed by atoms with E-state index >= 15 is 0 Å². The van der Waals surface area contributed by atoms with Gasteiger partial charge in [-0.05, 0) is 35.2 Å². The van der Waals surface area contributed by atoms with E-state index in [-0.39, 0.29) is 18.3 Å². The third-order valence-electron chi connectivity index (χ3n) is 2.98. The summed E-state index contributed by atoms with van der Waals surface area (Å²) >= 11 is 1.64. The smallest absolute Gasteiger partial charge is 0.240 e. The second-order valence-electron chi connectivity index (χ2n) is 4.18. The molecule has 3 N–H and O–H groups in total. The van der Waals surface area contributed by atoms with Gasteiger partial charge in [-0.15, -0.1) is 12.4 Å². The SMILES string of the molecule is Cl.NC1(C(=O)NCc2ccsc2)CCCC1. The van der Waals surface area contributed by atoms with Crippen LogP contribution in [0.25, 0.3) is 0 Å². The monoisotopic (exact) mass is 260 g/mol. The molecule has 5 heteroatoms. The molecule has 0 spiro atoms. The maximum absolute atomic E-state index is 11.8. The minimum absolute atomic E-state index is 0. The van der Waals surface area contributed by atoms with E-state index in [2.05, 4.69) is 5.32 Å². The fourth-order valence-electron chi connectivity index (χ4n) is 1.98. The maximum Gasteiger partial charge on any atom is 0.240 e. The van der Waals surface area contributed by atoms with E-state index in [1.807, 2.05) is 16.8 Å². The Morgan fingerprint density at radius 2 is 2.19 bits per heavy atom. The van der Waals surface area contributed by atoms with Crippen molar-refractivity contribution in [3.05, 3.63) is 22.4 Å². The van der Waals surface area contributed by atoms with Gasteiger partial charge in [0.05, 0.1) is 5.54 Å². The molecule has 1 aromatic heterocycles. The minimum atomic E-state index is -0.601. The first-order valence-electron chi connectivity index (χ1n) is 5.29. The Bertz CT molecular complexity index is 334. The highest BCUT2D eigenvalue weighted by Crippen LogP contribution is 2.27. The number of hydrogen-bond acceptors (Lipinski definition) is 3. The topological polar surface area (TPSA) is 55.1 Å². The predicted octanol–water partition coefficient (Wildman–Crippen LogP) is 2.06. The van der Waals surface area contributed by atoms with Crippen molar-refractivity contribution in [3.8, 4) is 0 Å². The van der Waals surface area contributed by atoms with Crippen molar-refractivity contribution in [2.24, 2.45) is 5.73 Å². The number of nitrogens with one attached hydrogen (secondary N) is 1. The lowest BCUT2D eigenvalue weighted by atomic mass is 9.98. The molecular weight excluding hydrogens is 244 g/mol. The second-order valence-corrected chi connectivity index (χ2v) is 4.96. The standard InChI is InChI=1S/C11H16N2OS.ClH/c12-11(4-1-2-5-11)10(14)13-7-9-3-6-15-8-9;/h3,6,8H,1-2,4-5,7,12H2,(H,13,14);1H. The van der Waals surface area contributed by atoms with Crippen LogP contribution in [0.1, 0.15) is 31.2 Å². The predicted molar refractivity (Wildman–Crippen MR) is 68.8 cm³/mol. The van der Waals surface area contributed by atoms with Gasteiger partial charge in [0.25, 0.3) is 0 Å². The second kappa shape index (κ2) is 5.66. The molecule has 0 unspecified atom stereocenters. The van der Waals surface area contributed by atoms with E-state index in [0.717, 1.165) is 31.2 Å². The zero-order valence-electron chi connectivity index (χ0n) is 9.07. The Balaban J connectivity index is 0.00000128. The molecule has 90 valence electrons. The number of amides is 1. The molecule has 1 aliphatic rings. The fraction of sp³-hybridized carbons (Fsp3) is 0.545. The molecule has 0 bridgehead atoms. The molecule has 1 aromatic rings. The first-order chi connectivity index (χ1) is 7.21. The van der Waals surface area contributed by atoms with E-state index in [4.69, 9.17) is 5.73 Å². The largest absolute Gasteiger partial charge is 0.350 e. The van der Waals surface area contributed by atoms with Crippen LogP contribution < -0.4 is 11.1 Å². The van der Waals surface area contributed by atoms with Crippen LogP contribution in [0.2, 0.25) is 0 Å². The van der Waals surface area contributed by atoms with Crippen molar-refractivity contribution in [3.63, 3.8) is 0 Å². The molecule has 0 atom stereocenters. The van der Waals surface area contributed by atoms with Crippen molar-refractivity contribution < 1.29 is 4.79 Å². The molecule has 1 saturated carbocycles. The number of halogens is 1. The molecule has 16 heavy (non-hydrogen) atoms. The van der Waals surface area contributed by atoms with E-state index in [1.165, 1.54) is 0 Å². The molecule has 0 aliphatic heterocycles. The van der Waals surface area contributed by atoms with Gasteiger partial charge in [-0.1, -0.05) is 12.8 Å². The normalized spacial score (nSPS) is 17.8. The van der Waals surface area contributed by atoms with Gasteiger partial charge >= 0.3 is 0 Å². The average Bonchev–Trinajstić information content (AvgIpc) is 2.85. The van der Waals surface area contributed by atoms with E-state index in [9.17, 15) is 4.79 Å². The molecule has 1 fully saturated rings. The van der Waals surface area contributed by atoms with Crippen molar-refractivity contribution in [2.75, 3.05) is 0 Å². The molecule has 3 nitrogen and oxygen atoms in total. The van der Waals surface area contributed by atoms with Crippen LogP contribution >= 0.6 is 23.7 Å². The third-order valence-corrected chi connectivity index (χ3v) is 3.71. The van der Waals surface area contributed by atoms with Crippen LogP contribution in [-0.4, -0.2) is 11.4 Å². The van der Waals surface area contributed by atoms with E-state index in [1.54, 1.807) is 11.3 Å². The first-order valence-corrected chi connectivity index (χ1v) is 6.23. The van der Waals surface area contributed by atoms with Crippen LogP contribution in [0.3, 0.4) is 0 Å². The lowest BCUT2D eigenvalue weighted by molar-refractivity contribution is -0.126. The molecule has 1 amide bonds. The highest BCUT2D eigenvalue weighted by Gasteiger charge is 2.36. The quantitative estimate of drug-likeness (QED) is 0.874. The summed E-state index contributed by atoms with van der Waals surface area (Å²) < 4.78 is 0. The van der Waals surface area contributed by atoms with E-state index < -0.39 is 5.54 Å². The number of nitrogens with two attached hydrogens (primary N) is 1. The van der Waals surface area contributed by atoms with Crippen molar-refractivity contribution in [1.29, 1.82) is 0 Å². The summed E-state index contributed by atoms with van der Waals surface area (Å²) in [5, 5.41) is 6.96. The van der Waals surface area contributed by atoms with Crippen LogP contribution in [0.15, 0.2) is 16.8 Å². The Hall–Kier alpha value is -0.580. The number of hydrogen-bond donors (Lipinski definition) is 2. The van der Waals surface area contributed by atoms with Crippen LogP contribution in [-0.2, 0) is 11.3 Å². The van der Waals surface area contributed by atoms with Gasteiger partial charge in [0.1, 0.15) is 0 Å². The number of rotatable bonds is 3. The maximum atomic E-state index is 11.8. The summed E-state index contributed by atoms with van der Waals surface area (Å²) in [5.74, 6) is 0.00574. The summed E-state index contributed by atoms with van der Waals surface area (Å²) in [6, 6.07) is 2.02. The fourth-order valence-corrected chi connectivity index (χ4v) is 2.65. The molecule has 0 radical (unpaired) electrons. The van der Waals surface area contributed by atoms with Crippen molar-refractivity contribution in [1.82, 2.24) is 5.32 Å². The number of carbonyl (C=O) groups is 1. The number of thiophene rings is 1. The van der Waals surface area contributed by atoms with Crippen molar-refractivity contribution in [2.45, 2.75) is 37.8 Å². The van der Waals surface area contributed by atoms with Gasteiger partial charge < -0.3 is 11.1 Å². The zero-order chi connectivity index (χ0) is 10.7. The third kappa shape index (κ3) is 2.97. The zero-order valence-corrected chi connectivity index (χ0v) is 10.7. The lowest BCUT2D eigenvalue weighted by Gasteiger charge is -2.21. The molecule has 0 aromatic carbocycles. The summed E-state index contributed by atoms with van der Waals surface area (Å²) in [4.78, 5) is 11.8. The molecule has 0 saturated heterocycles. The minimum Gasteiger partial charge on any atom is -0.350 e. The van der Waals surface area contributed by atoms with Crippen LogP contribution in [0, 0.1) is 0 Å². The highest BCUT2D eigenvalue weighted by atomic mass is 35.5. The van der Waals surface area contributed by atoms with Gasteiger partial charge in [-0.2, -0.15) is 11.3 Å². The molecule has 1 aliphatic carbocycles. The summed E-state index contributed by atoms with van der Waals surface area (Å²) in [5.41, 5.74) is 6.58. The Morgan fingerprint density at radius 3 is 2.75 bits per heavy atom. The average molecular weight is 261 g/mol. The lowest BCUT2D eigenvalue weighted by Crippen LogP contribution is -2.51. The van der Waals surface area contributed by atoms with Gasteiger partial charge in [0.2, 0.25) is 5.91 Å². The Kier molecular flexibility index (Phi) is 4.77. The van der Waals surface area contributed by atoms with E-state index in [0.29, 0.717) is 6.54 Å². The first kappa shape index (κ1) is 13.5.